The van der Waals surface area contributed by atoms with E-state index in [1.807, 2.05) is 43.3 Å². The molecular formula is C29H30FN3O2. The normalized spacial score (nSPS) is 16.9. The van der Waals surface area contributed by atoms with E-state index in [9.17, 15) is 4.79 Å². The minimum absolute atomic E-state index is 0.0687. The lowest BCUT2D eigenvalue weighted by Crippen LogP contribution is -2.43. The average molecular weight is 472 g/mol. The lowest BCUT2D eigenvalue weighted by Gasteiger charge is -2.34. The van der Waals surface area contributed by atoms with Crippen LogP contribution >= 0.6 is 0 Å². The summed E-state index contributed by atoms with van der Waals surface area (Å²) in [4.78, 5) is 20.7. The summed E-state index contributed by atoms with van der Waals surface area (Å²) in [6.45, 7) is 4.31. The summed E-state index contributed by atoms with van der Waals surface area (Å²) >= 11 is 0. The first-order chi connectivity index (χ1) is 17.1. The van der Waals surface area contributed by atoms with Gasteiger partial charge in [0.25, 0.3) is 5.56 Å². The fraction of sp³-hybridized carbons (Fsp3) is 0.310. The van der Waals surface area contributed by atoms with E-state index in [0.29, 0.717) is 35.2 Å². The first-order valence-electron chi connectivity index (χ1n) is 12.3. The Morgan fingerprint density at radius 3 is 2.63 bits per heavy atom. The van der Waals surface area contributed by atoms with Gasteiger partial charge in [-0.2, -0.15) is 0 Å². The summed E-state index contributed by atoms with van der Waals surface area (Å²) in [7, 11) is 0. The number of halogens is 1. The van der Waals surface area contributed by atoms with E-state index in [4.69, 9.17) is 9.72 Å². The van der Waals surface area contributed by atoms with Gasteiger partial charge in [0.15, 0.2) is 11.6 Å². The van der Waals surface area contributed by atoms with E-state index >= 15 is 4.39 Å². The van der Waals surface area contributed by atoms with Crippen molar-refractivity contribution in [3.05, 3.63) is 100 Å². The second-order valence-electron chi connectivity index (χ2n) is 9.16. The molecule has 0 radical (unpaired) electrons. The molecule has 1 aliphatic carbocycles. The number of ether oxygens (including phenoxy) is 1. The molecule has 3 aromatic rings. The van der Waals surface area contributed by atoms with Crippen LogP contribution in [-0.4, -0.2) is 22.6 Å². The number of aryl methyl sites for hydroxylation is 1. The van der Waals surface area contributed by atoms with Crippen LogP contribution in [0.1, 0.15) is 30.5 Å². The molecule has 0 saturated carbocycles. The molecule has 1 aromatic heterocycles. The Balaban J connectivity index is 1.55. The summed E-state index contributed by atoms with van der Waals surface area (Å²) in [6.07, 6.45) is 11.2. The summed E-state index contributed by atoms with van der Waals surface area (Å²) in [5.41, 5.74) is 2.69. The van der Waals surface area contributed by atoms with Crippen molar-refractivity contribution in [2.75, 3.05) is 18.0 Å². The number of anilines is 1. The average Bonchev–Trinajstić information content (AvgIpc) is 2.85. The summed E-state index contributed by atoms with van der Waals surface area (Å²) < 4.78 is 22.8. The highest BCUT2D eigenvalue weighted by Gasteiger charge is 2.26. The fourth-order valence-corrected chi connectivity index (χ4v) is 4.67. The first kappa shape index (κ1) is 23.1. The molecule has 5 rings (SSSR count). The maximum absolute atomic E-state index is 15.1. The Bertz CT molecular complexity index is 1310. The van der Waals surface area contributed by atoms with Gasteiger partial charge >= 0.3 is 0 Å². The molecule has 0 bridgehead atoms. The lowest BCUT2D eigenvalue weighted by atomic mass is 9.97. The number of hydrogen-bond acceptors (Lipinski definition) is 4. The first-order valence-corrected chi connectivity index (χ1v) is 12.3. The van der Waals surface area contributed by atoms with Crippen molar-refractivity contribution in [3.8, 4) is 17.1 Å². The number of hydrogen-bond donors (Lipinski definition) is 0. The molecule has 2 heterocycles. The molecule has 0 amide bonds. The molecule has 180 valence electrons. The smallest absolute Gasteiger partial charge is 0.277 e. The van der Waals surface area contributed by atoms with E-state index < -0.39 is 5.82 Å². The van der Waals surface area contributed by atoms with Gasteiger partial charge < -0.3 is 9.64 Å². The maximum Gasteiger partial charge on any atom is 0.277 e. The maximum atomic E-state index is 15.1. The molecule has 2 aliphatic rings. The predicted octanol–water partition coefficient (Wildman–Crippen LogP) is 5.67. The van der Waals surface area contributed by atoms with Gasteiger partial charge in [0, 0.05) is 19.6 Å². The van der Waals surface area contributed by atoms with Crippen LogP contribution < -0.4 is 15.2 Å². The van der Waals surface area contributed by atoms with E-state index in [0.717, 1.165) is 37.9 Å². The van der Waals surface area contributed by atoms with Gasteiger partial charge in [-0.15, -0.1) is 0 Å². The van der Waals surface area contributed by atoms with Gasteiger partial charge in [0.1, 0.15) is 18.1 Å². The number of para-hydroxylation sites is 1. The monoisotopic (exact) mass is 471 g/mol. The molecule has 0 N–H and O–H groups in total. The number of nitrogens with zero attached hydrogens (tertiary/aromatic N) is 3. The molecule has 35 heavy (non-hydrogen) atoms. The van der Waals surface area contributed by atoms with E-state index in [1.54, 1.807) is 16.7 Å². The Labute approximate surface area is 205 Å². The number of allylic oxidation sites excluding steroid dienone is 4. The molecular weight excluding hydrogens is 441 g/mol. The van der Waals surface area contributed by atoms with Crippen molar-refractivity contribution in [2.24, 2.45) is 5.92 Å². The molecule has 1 fully saturated rings. The van der Waals surface area contributed by atoms with Crippen molar-refractivity contribution >= 4 is 5.69 Å². The molecule has 1 atom stereocenters. The van der Waals surface area contributed by atoms with Crippen LogP contribution in [-0.2, 0) is 13.2 Å². The highest BCUT2D eigenvalue weighted by Crippen LogP contribution is 2.33. The quantitative estimate of drug-likeness (QED) is 0.425. The zero-order valence-corrected chi connectivity index (χ0v) is 20.0. The zero-order valence-electron chi connectivity index (χ0n) is 20.0. The Morgan fingerprint density at radius 2 is 1.91 bits per heavy atom. The molecule has 1 unspecified atom stereocenters. The van der Waals surface area contributed by atoms with Crippen LogP contribution in [0.25, 0.3) is 11.4 Å². The highest BCUT2D eigenvalue weighted by molar-refractivity contribution is 5.67. The molecule has 0 spiro atoms. The van der Waals surface area contributed by atoms with Crippen molar-refractivity contribution < 1.29 is 9.13 Å². The van der Waals surface area contributed by atoms with Crippen LogP contribution in [0.4, 0.5) is 10.1 Å². The van der Waals surface area contributed by atoms with Crippen molar-refractivity contribution in [3.63, 3.8) is 0 Å². The summed E-state index contributed by atoms with van der Waals surface area (Å²) in [5, 5.41) is 0. The molecule has 1 saturated heterocycles. The number of aromatic nitrogens is 2. The molecule has 1 aliphatic heterocycles. The van der Waals surface area contributed by atoms with Crippen molar-refractivity contribution in [1.29, 1.82) is 0 Å². The van der Waals surface area contributed by atoms with Gasteiger partial charge in [-0.05, 0) is 49.8 Å². The van der Waals surface area contributed by atoms with Crippen LogP contribution in [0.3, 0.4) is 0 Å². The number of rotatable bonds is 8. The zero-order chi connectivity index (χ0) is 24.2. The topological polar surface area (TPSA) is 47.4 Å². The van der Waals surface area contributed by atoms with Crippen LogP contribution in [0, 0.1) is 18.7 Å². The van der Waals surface area contributed by atoms with Crippen LogP contribution in [0.2, 0.25) is 0 Å². The standard InChI is InChI=1S/C29H30FN3O2/c1-21-26(32-17-9-18-32)29(34)33(19-16-22-10-4-2-5-11-22)28(31-21)24-14-8-15-25(30)27(24)35-20-23-12-6-3-7-13-23/h2-8,10,12-15,22H,9,11,16-20H2,1H3. The Kier molecular flexibility index (Phi) is 6.80. The molecule has 5 nitrogen and oxygen atoms in total. The number of benzene rings is 2. The Hall–Kier alpha value is -3.67. The van der Waals surface area contributed by atoms with Gasteiger partial charge in [0.2, 0.25) is 0 Å². The van der Waals surface area contributed by atoms with Crippen molar-refractivity contribution in [1.82, 2.24) is 9.55 Å². The van der Waals surface area contributed by atoms with Gasteiger partial charge in [0.05, 0.1) is 11.3 Å². The van der Waals surface area contributed by atoms with Crippen LogP contribution in [0.5, 0.6) is 5.75 Å². The minimum Gasteiger partial charge on any atom is -0.485 e. The lowest BCUT2D eigenvalue weighted by molar-refractivity contribution is 0.291. The summed E-state index contributed by atoms with van der Waals surface area (Å²) in [5.74, 6) is 0.460. The van der Waals surface area contributed by atoms with Gasteiger partial charge in [-0.3, -0.25) is 9.36 Å². The van der Waals surface area contributed by atoms with Crippen LogP contribution in [0.15, 0.2) is 77.6 Å². The summed E-state index contributed by atoms with van der Waals surface area (Å²) in [6, 6.07) is 14.5. The van der Waals surface area contributed by atoms with Crippen molar-refractivity contribution in [2.45, 2.75) is 39.3 Å². The van der Waals surface area contributed by atoms with Gasteiger partial charge in [-0.1, -0.05) is 60.7 Å². The molecule has 6 heteroatoms. The second kappa shape index (κ2) is 10.3. The van der Waals surface area contributed by atoms with E-state index in [-0.39, 0.29) is 17.9 Å². The van der Waals surface area contributed by atoms with E-state index in [2.05, 4.69) is 23.1 Å². The third-order valence-corrected chi connectivity index (χ3v) is 6.72. The predicted molar refractivity (Wildman–Crippen MR) is 137 cm³/mol. The van der Waals surface area contributed by atoms with Gasteiger partial charge in [-0.25, -0.2) is 9.37 Å². The highest BCUT2D eigenvalue weighted by atomic mass is 19.1. The minimum atomic E-state index is -0.468. The second-order valence-corrected chi connectivity index (χ2v) is 9.16. The third kappa shape index (κ3) is 4.92. The molecule has 2 aromatic carbocycles. The largest absolute Gasteiger partial charge is 0.485 e. The SMILES string of the molecule is Cc1nc(-c2cccc(F)c2OCc2ccccc2)n(CCC2C=CC=CC2)c(=O)c1N1CCC1. The Morgan fingerprint density at radius 1 is 1.09 bits per heavy atom. The van der Waals surface area contributed by atoms with E-state index in [1.165, 1.54) is 6.07 Å². The fourth-order valence-electron chi connectivity index (χ4n) is 4.67. The third-order valence-electron chi connectivity index (χ3n) is 6.72.